The van der Waals surface area contributed by atoms with E-state index < -0.39 is 11.9 Å². The molecule has 0 spiro atoms. The van der Waals surface area contributed by atoms with Crippen LogP contribution in [-0.4, -0.2) is 26.0 Å². The molecule has 5 rings (SSSR count). The highest BCUT2D eigenvalue weighted by Gasteiger charge is 2.43. The molecule has 1 heterocycles. The number of esters is 1. The first-order valence-corrected chi connectivity index (χ1v) is 11.9. The topological polar surface area (TPSA) is 73.9 Å². The van der Waals surface area contributed by atoms with Crippen molar-refractivity contribution in [1.82, 2.24) is 5.32 Å². The summed E-state index contributed by atoms with van der Waals surface area (Å²) in [6.07, 6.45) is 0. The SMILES string of the molecule is COC(=O)C1=C(C)NC2=C(C(=O)c3ccccc32)[C@H]1c1cc(Cl)c(OCc2ccc(F)cc2)c(OC)c1. The second-order valence-corrected chi connectivity index (χ2v) is 9.11. The van der Waals surface area contributed by atoms with Crippen molar-refractivity contribution in [1.29, 1.82) is 0 Å². The minimum absolute atomic E-state index is 0.137. The third kappa shape index (κ3) is 4.25. The van der Waals surface area contributed by atoms with E-state index in [9.17, 15) is 14.0 Å². The number of nitrogens with one attached hydrogen (secondary N) is 1. The number of carbonyl (C=O) groups is 2. The Hall–Kier alpha value is -4.10. The summed E-state index contributed by atoms with van der Waals surface area (Å²) in [6, 6.07) is 16.6. The van der Waals surface area contributed by atoms with Gasteiger partial charge in [0.15, 0.2) is 17.3 Å². The molecule has 0 fully saturated rings. The summed E-state index contributed by atoms with van der Waals surface area (Å²) in [5, 5.41) is 3.49. The maximum atomic E-state index is 13.6. The highest BCUT2D eigenvalue weighted by Crippen LogP contribution is 2.49. The van der Waals surface area contributed by atoms with Crippen LogP contribution in [0.1, 0.15) is 39.9 Å². The molecule has 0 unspecified atom stereocenters. The molecule has 1 atom stereocenters. The Kier molecular flexibility index (Phi) is 6.48. The Morgan fingerprint density at radius 2 is 1.76 bits per heavy atom. The van der Waals surface area contributed by atoms with Crippen LogP contribution in [0.3, 0.4) is 0 Å². The maximum absolute atomic E-state index is 13.6. The number of fused-ring (bicyclic) bond motifs is 2. The van der Waals surface area contributed by atoms with Gasteiger partial charge in [-0.15, -0.1) is 0 Å². The fourth-order valence-corrected chi connectivity index (χ4v) is 5.10. The Balaban J connectivity index is 1.60. The molecular formula is C29H23ClFNO5. The number of benzene rings is 3. The van der Waals surface area contributed by atoms with Gasteiger partial charge in [-0.25, -0.2) is 9.18 Å². The molecule has 0 aromatic heterocycles. The van der Waals surface area contributed by atoms with Crippen LogP contribution in [-0.2, 0) is 16.1 Å². The highest BCUT2D eigenvalue weighted by atomic mass is 35.5. The van der Waals surface area contributed by atoms with Crippen LogP contribution in [0.2, 0.25) is 5.02 Å². The van der Waals surface area contributed by atoms with Gasteiger partial charge in [-0.2, -0.15) is 0 Å². The Labute approximate surface area is 218 Å². The summed E-state index contributed by atoms with van der Waals surface area (Å²) in [7, 11) is 2.78. The maximum Gasteiger partial charge on any atom is 0.336 e. The highest BCUT2D eigenvalue weighted by molar-refractivity contribution is 6.32. The van der Waals surface area contributed by atoms with Crippen molar-refractivity contribution in [2.24, 2.45) is 0 Å². The Morgan fingerprint density at radius 3 is 2.43 bits per heavy atom. The van der Waals surface area contributed by atoms with Crippen molar-refractivity contribution in [2.75, 3.05) is 14.2 Å². The molecule has 37 heavy (non-hydrogen) atoms. The second kappa shape index (κ2) is 9.75. The lowest BCUT2D eigenvalue weighted by atomic mass is 9.79. The Bertz CT molecular complexity index is 1490. The molecule has 2 aliphatic rings. The predicted octanol–water partition coefficient (Wildman–Crippen LogP) is 5.81. The smallest absolute Gasteiger partial charge is 0.336 e. The summed E-state index contributed by atoms with van der Waals surface area (Å²) < 4.78 is 29.9. The molecule has 3 aromatic rings. The molecule has 8 heteroatoms. The van der Waals surface area contributed by atoms with Gasteiger partial charge in [0, 0.05) is 28.3 Å². The summed E-state index contributed by atoms with van der Waals surface area (Å²) in [4.78, 5) is 26.5. The normalized spacial score (nSPS) is 16.2. The lowest BCUT2D eigenvalue weighted by Crippen LogP contribution is -2.29. The number of hydrogen-bond donors (Lipinski definition) is 1. The van der Waals surface area contributed by atoms with E-state index in [-0.39, 0.29) is 23.2 Å². The Morgan fingerprint density at radius 1 is 1.05 bits per heavy atom. The van der Waals surface area contributed by atoms with Crippen molar-refractivity contribution in [2.45, 2.75) is 19.4 Å². The molecular weight excluding hydrogens is 497 g/mol. The molecule has 0 bridgehead atoms. The number of ether oxygens (including phenoxy) is 3. The van der Waals surface area contributed by atoms with E-state index >= 15 is 0 Å². The zero-order chi connectivity index (χ0) is 26.3. The van der Waals surface area contributed by atoms with Crippen molar-refractivity contribution in [3.63, 3.8) is 0 Å². The van der Waals surface area contributed by atoms with Crippen LogP contribution in [0.5, 0.6) is 11.5 Å². The molecule has 0 amide bonds. The van der Waals surface area contributed by atoms with Gasteiger partial charge in [-0.05, 0) is 42.3 Å². The van der Waals surface area contributed by atoms with Crippen LogP contribution >= 0.6 is 11.6 Å². The molecule has 0 saturated heterocycles. The van der Waals surface area contributed by atoms with E-state index in [1.807, 2.05) is 12.1 Å². The second-order valence-electron chi connectivity index (χ2n) is 8.70. The van der Waals surface area contributed by atoms with E-state index in [2.05, 4.69) is 5.32 Å². The van der Waals surface area contributed by atoms with Crippen molar-refractivity contribution in [3.8, 4) is 11.5 Å². The van der Waals surface area contributed by atoms with Crippen LogP contribution in [0, 0.1) is 5.82 Å². The van der Waals surface area contributed by atoms with E-state index in [0.29, 0.717) is 45.2 Å². The monoisotopic (exact) mass is 519 g/mol. The summed E-state index contributed by atoms with van der Waals surface area (Å²) >= 11 is 6.68. The number of methoxy groups -OCH3 is 2. The van der Waals surface area contributed by atoms with Crippen molar-refractivity contribution >= 4 is 29.1 Å². The zero-order valence-electron chi connectivity index (χ0n) is 20.4. The van der Waals surface area contributed by atoms with E-state index in [4.69, 9.17) is 25.8 Å². The van der Waals surface area contributed by atoms with Gasteiger partial charge in [0.25, 0.3) is 0 Å². The number of Topliss-reactive ketones (excluding diaryl/α,β-unsaturated/α-hetero) is 1. The van der Waals surface area contributed by atoms with Crippen LogP contribution in [0.4, 0.5) is 4.39 Å². The van der Waals surface area contributed by atoms with E-state index in [1.54, 1.807) is 43.3 Å². The van der Waals surface area contributed by atoms with Gasteiger partial charge in [-0.3, -0.25) is 4.79 Å². The summed E-state index contributed by atoms with van der Waals surface area (Å²) in [6.45, 7) is 1.91. The largest absolute Gasteiger partial charge is 0.493 e. The summed E-state index contributed by atoms with van der Waals surface area (Å²) in [5.74, 6) is -1.20. The zero-order valence-corrected chi connectivity index (χ0v) is 21.1. The number of ketones is 1. The molecule has 1 aliphatic heterocycles. The lowest BCUT2D eigenvalue weighted by Gasteiger charge is -2.29. The number of rotatable bonds is 6. The third-order valence-corrected chi connectivity index (χ3v) is 6.82. The minimum atomic E-state index is -0.749. The van der Waals surface area contributed by atoms with Crippen LogP contribution < -0.4 is 14.8 Å². The molecule has 0 radical (unpaired) electrons. The van der Waals surface area contributed by atoms with Gasteiger partial charge in [0.1, 0.15) is 12.4 Å². The molecule has 188 valence electrons. The number of halogens is 2. The third-order valence-electron chi connectivity index (χ3n) is 6.54. The summed E-state index contributed by atoms with van der Waals surface area (Å²) in [5.41, 5.74) is 4.62. The average molecular weight is 520 g/mol. The quantitative estimate of drug-likeness (QED) is 0.414. The number of allylic oxidation sites excluding steroid dienone is 2. The number of hydrogen-bond acceptors (Lipinski definition) is 6. The fraction of sp³-hybridized carbons (Fsp3) is 0.172. The molecule has 6 nitrogen and oxygen atoms in total. The number of dihydropyridines is 1. The average Bonchev–Trinajstić information content (AvgIpc) is 3.18. The van der Waals surface area contributed by atoms with Gasteiger partial charge < -0.3 is 19.5 Å². The molecule has 0 saturated carbocycles. The number of carbonyl (C=O) groups excluding carboxylic acids is 2. The van der Waals surface area contributed by atoms with Gasteiger partial charge in [0.2, 0.25) is 0 Å². The lowest BCUT2D eigenvalue weighted by molar-refractivity contribution is -0.136. The van der Waals surface area contributed by atoms with Crippen LogP contribution in [0.15, 0.2) is 77.5 Å². The molecule has 1 aliphatic carbocycles. The van der Waals surface area contributed by atoms with E-state index in [0.717, 1.165) is 11.1 Å². The van der Waals surface area contributed by atoms with Crippen molar-refractivity contribution < 1.29 is 28.2 Å². The van der Waals surface area contributed by atoms with Crippen molar-refractivity contribution in [3.05, 3.63) is 111 Å². The fourth-order valence-electron chi connectivity index (χ4n) is 4.83. The van der Waals surface area contributed by atoms with Gasteiger partial charge in [0.05, 0.1) is 30.5 Å². The molecule has 1 N–H and O–H groups in total. The minimum Gasteiger partial charge on any atom is -0.493 e. The predicted molar refractivity (Wildman–Crippen MR) is 137 cm³/mol. The first-order chi connectivity index (χ1) is 17.8. The molecule has 3 aromatic carbocycles. The van der Waals surface area contributed by atoms with E-state index in [1.165, 1.54) is 26.4 Å². The standard InChI is InChI=1S/C29H23ClFNO5/c1-15-23(29(34)36-3)24(25-26(32-15)19-6-4-5-7-20(19)27(25)33)17-12-21(30)28(22(13-17)35-2)37-14-16-8-10-18(31)11-9-16/h4-13,24,32H,14H2,1-3H3/t24-/m0/s1. The first-order valence-electron chi connectivity index (χ1n) is 11.5. The first kappa shape index (κ1) is 24.6. The van der Waals surface area contributed by atoms with Crippen LogP contribution in [0.25, 0.3) is 5.70 Å². The van der Waals surface area contributed by atoms with Gasteiger partial charge >= 0.3 is 5.97 Å². The van der Waals surface area contributed by atoms with Gasteiger partial charge in [-0.1, -0.05) is 48.0 Å².